The molecule has 0 N–H and O–H groups in total. The molecule has 0 amide bonds. The first-order valence-corrected chi connectivity index (χ1v) is 10.2. The third kappa shape index (κ3) is 3.38. The zero-order chi connectivity index (χ0) is 14.8. The zero-order valence-corrected chi connectivity index (χ0v) is 14.8. The number of nitrogens with zero attached hydrogens (tertiary/aromatic N) is 1. The molecule has 1 saturated heterocycles. The van der Waals surface area contributed by atoms with Crippen molar-refractivity contribution in [2.24, 2.45) is 0 Å². The van der Waals surface area contributed by atoms with Crippen LogP contribution in [0.5, 0.6) is 0 Å². The number of sulfonamides is 1. The number of thioether (sulfide) groups is 1. The number of hydrogen-bond donors (Lipinski definition) is 0. The van der Waals surface area contributed by atoms with Crippen molar-refractivity contribution in [3.8, 4) is 0 Å². The van der Waals surface area contributed by atoms with E-state index >= 15 is 0 Å². The molecule has 20 heavy (non-hydrogen) atoms. The van der Waals surface area contributed by atoms with E-state index in [1.54, 1.807) is 30.8 Å². The number of ether oxygens (including phenoxy) is 1. The highest BCUT2D eigenvalue weighted by molar-refractivity contribution is 9.11. The monoisotopic (exact) mass is 399 g/mol. The third-order valence-electron chi connectivity index (χ3n) is 2.75. The first kappa shape index (κ1) is 16.3. The van der Waals surface area contributed by atoms with Gasteiger partial charge >= 0.3 is 5.97 Å². The molecule has 0 aromatic carbocycles. The van der Waals surface area contributed by atoms with Gasteiger partial charge in [-0.3, -0.25) is 4.79 Å². The van der Waals surface area contributed by atoms with Crippen molar-refractivity contribution in [2.75, 3.05) is 24.7 Å². The van der Waals surface area contributed by atoms with Crippen molar-refractivity contribution < 1.29 is 17.9 Å². The van der Waals surface area contributed by atoms with E-state index in [-0.39, 0.29) is 10.8 Å². The highest BCUT2D eigenvalue weighted by Crippen LogP contribution is 2.31. The predicted molar refractivity (Wildman–Crippen MR) is 83.7 cm³/mol. The van der Waals surface area contributed by atoms with Gasteiger partial charge in [0.2, 0.25) is 0 Å². The Hall–Kier alpha value is -0.0900. The van der Waals surface area contributed by atoms with E-state index in [9.17, 15) is 13.2 Å². The van der Waals surface area contributed by atoms with E-state index in [0.29, 0.717) is 18.1 Å². The lowest BCUT2D eigenvalue weighted by molar-refractivity contribution is -0.146. The molecule has 2 rings (SSSR count). The van der Waals surface area contributed by atoms with E-state index in [1.807, 2.05) is 0 Å². The van der Waals surface area contributed by atoms with Crippen molar-refractivity contribution in [1.29, 1.82) is 0 Å². The maximum absolute atomic E-state index is 12.6. The van der Waals surface area contributed by atoms with Crippen molar-refractivity contribution in [2.45, 2.75) is 17.2 Å². The standard InChI is InChI=1S/C11H14BrNO4S3/c1-2-17-11(14)8-7-18-6-5-13(8)20(15,16)10-4-3-9(12)19-10/h3-4,8H,2,5-7H2,1H3. The molecular formula is C11H14BrNO4S3. The van der Waals surface area contributed by atoms with Crippen molar-refractivity contribution in [1.82, 2.24) is 4.31 Å². The summed E-state index contributed by atoms with van der Waals surface area (Å²) >= 11 is 5.97. The van der Waals surface area contributed by atoms with Gasteiger partial charge in [-0.05, 0) is 35.0 Å². The molecule has 0 bridgehead atoms. The molecule has 5 nitrogen and oxygen atoms in total. The van der Waals surface area contributed by atoms with Crippen LogP contribution in [-0.4, -0.2) is 49.4 Å². The smallest absolute Gasteiger partial charge is 0.325 e. The number of hydrogen-bond acceptors (Lipinski definition) is 6. The molecule has 1 aliphatic rings. The van der Waals surface area contributed by atoms with Crippen LogP contribution < -0.4 is 0 Å². The molecule has 0 radical (unpaired) electrons. The highest BCUT2D eigenvalue weighted by atomic mass is 79.9. The maximum Gasteiger partial charge on any atom is 0.325 e. The molecule has 0 spiro atoms. The van der Waals surface area contributed by atoms with Gasteiger partial charge in [-0.2, -0.15) is 16.1 Å². The lowest BCUT2D eigenvalue weighted by Gasteiger charge is -2.32. The van der Waals surface area contributed by atoms with Crippen LogP contribution in [0.4, 0.5) is 0 Å². The number of thiophene rings is 1. The number of halogens is 1. The zero-order valence-electron chi connectivity index (χ0n) is 10.7. The maximum atomic E-state index is 12.6. The number of esters is 1. The summed E-state index contributed by atoms with van der Waals surface area (Å²) < 4.78 is 32.5. The molecule has 1 unspecified atom stereocenters. The number of carbonyl (C=O) groups is 1. The summed E-state index contributed by atoms with van der Waals surface area (Å²) in [4.78, 5) is 11.9. The Bertz CT molecular complexity index is 586. The summed E-state index contributed by atoms with van der Waals surface area (Å²) in [5.74, 6) is 0.644. The minimum Gasteiger partial charge on any atom is -0.465 e. The van der Waals surface area contributed by atoms with Crippen LogP contribution in [0.25, 0.3) is 0 Å². The Balaban J connectivity index is 2.29. The van der Waals surface area contributed by atoms with Crippen LogP contribution in [-0.2, 0) is 19.6 Å². The average molecular weight is 400 g/mol. The summed E-state index contributed by atoms with van der Waals surface area (Å²) in [7, 11) is -3.65. The first-order valence-electron chi connectivity index (χ1n) is 5.98. The lowest BCUT2D eigenvalue weighted by Crippen LogP contribution is -2.50. The second-order valence-electron chi connectivity index (χ2n) is 4.02. The molecule has 0 saturated carbocycles. The van der Waals surface area contributed by atoms with Gasteiger partial charge in [0, 0.05) is 18.1 Å². The average Bonchev–Trinajstić information content (AvgIpc) is 2.86. The summed E-state index contributed by atoms with van der Waals surface area (Å²) in [6.07, 6.45) is 0. The van der Waals surface area contributed by atoms with Gasteiger partial charge in [0.25, 0.3) is 10.0 Å². The first-order chi connectivity index (χ1) is 9.46. The van der Waals surface area contributed by atoms with Crippen molar-refractivity contribution >= 4 is 55.0 Å². The van der Waals surface area contributed by atoms with Gasteiger partial charge < -0.3 is 4.74 Å². The van der Waals surface area contributed by atoms with Crippen LogP contribution in [0.2, 0.25) is 0 Å². The van der Waals surface area contributed by atoms with E-state index in [1.165, 1.54) is 4.31 Å². The molecule has 1 aliphatic heterocycles. The summed E-state index contributed by atoms with van der Waals surface area (Å²) in [6.45, 7) is 2.29. The van der Waals surface area contributed by atoms with Crippen LogP contribution in [0.3, 0.4) is 0 Å². The van der Waals surface area contributed by atoms with Crippen molar-refractivity contribution in [3.05, 3.63) is 15.9 Å². The fourth-order valence-electron chi connectivity index (χ4n) is 1.85. The fraction of sp³-hybridized carbons (Fsp3) is 0.545. The SMILES string of the molecule is CCOC(=O)C1CSCCN1S(=O)(=O)c1ccc(Br)s1. The molecule has 1 aromatic rings. The summed E-state index contributed by atoms with van der Waals surface area (Å²) in [6, 6.07) is 2.50. The van der Waals surface area contributed by atoms with E-state index in [2.05, 4.69) is 15.9 Å². The Morgan fingerprint density at radius 2 is 2.30 bits per heavy atom. The Labute approximate surface area is 134 Å². The number of rotatable bonds is 4. The Kier molecular flexibility index (Phi) is 5.52. The van der Waals surface area contributed by atoms with E-state index < -0.39 is 22.0 Å². The molecule has 0 aliphatic carbocycles. The van der Waals surface area contributed by atoms with Gasteiger partial charge in [0.15, 0.2) is 0 Å². The summed E-state index contributed by atoms with van der Waals surface area (Å²) in [5, 5.41) is 0. The van der Waals surface area contributed by atoms with Gasteiger partial charge in [0.1, 0.15) is 10.3 Å². The summed E-state index contributed by atoms with van der Waals surface area (Å²) in [5.41, 5.74) is 0. The highest BCUT2D eigenvalue weighted by Gasteiger charge is 2.39. The topological polar surface area (TPSA) is 63.7 Å². The predicted octanol–water partition coefficient (Wildman–Crippen LogP) is 2.18. The van der Waals surface area contributed by atoms with Crippen LogP contribution in [0.1, 0.15) is 6.92 Å². The normalized spacial score (nSPS) is 20.8. The van der Waals surface area contributed by atoms with E-state index in [4.69, 9.17) is 4.74 Å². The largest absolute Gasteiger partial charge is 0.465 e. The third-order valence-corrected chi connectivity index (χ3v) is 7.77. The molecule has 112 valence electrons. The number of carbonyl (C=O) groups excluding carboxylic acids is 1. The lowest BCUT2D eigenvalue weighted by atomic mass is 10.3. The molecule has 1 atom stereocenters. The van der Waals surface area contributed by atoms with E-state index in [0.717, 1.165) is 15.1 Å². The second kappa shape index (κ2) is 6.78. The molecule has 1 aromatic heterocycles. The van der Waals surface area contributed by atoms with Crippen LogP contribution >= 0.6 is 39.0 Å². The quantitative estimate of drug-likeness (QED) is 0.725. The van der Waals surface area contributed by atoms with Gasteiger partial charge in [0.05, 0.1) is 10.4 Å². The molecule has 1 fully saturated rings. The van der Waals surface area contributed by atoms with Gasteiger partial charge in [-0.25, -0.2) is 8.42 Å². The van der Waals surface area contributed by atoms with Gasteiger partial charge in [-0.1, -0.05) is 0 Å². The minimum atomic E-state index is -3.65. The fourth-order valence-corrected chi connectivity index (χ4v) is 6.81. The molecule has 9 heteroatoms. The van der Waals surface area contributed by atoms with Crippen molar-refractivity contribution in [3.63, 3.8) is 0 Å². The Morgan fingerprint density at radius 1 is 1.55 bits per heavy atom. The second-order valence-corrected chi connectivity index (χ2v) is 9.75. The Morgan fingerprint density at radius 3 is 2.90 bits per heavy atom. The van der Waals surface area contributed by atoms with Crippen LogP contribution in [0, 0.1) is 0 Å². The van der Waals surface area contributed by atoms with Gasteiger partial charge in [-0.15, -0.1) is 11.3 Å². The molecular weight excluding hydrogens is 386 g/mol. The molecule has 2 heterocycles. The minimum absolute atomic E-state index is 0.241. The van der Waals surface area contributed by atoms with Crippen LogP contribution in [0.15, 0.2) is 20.1 Å².